The summed E-state index contributed by atoms with van der Waals surface area (Å²) in [7, 11) is 0. The van der Waals surface area contributed by atoms with Gasteiger partial charge in [-0.25, -0.2) is 0 Å². The molecule has 0 bridgehead atoms. The Balaban J connectivity index is 1.89. The van der Waals surface area contributed by atoms with Crippen LogP contribution < -0.4 is 0 Å². The molecule has 24 heavy (non-hydrogen) atoms. The molecule has 0 aromatic heterocycles. The van der Waals surface area contributed by atoms with E-state index >= 15 is 0 Å². The minimum absolute atomic E-state index is 0.0371. The molecule has 0 aliphatic carbocycles. The molecule has 0 atom stereocenters. The van der Waals surface area contributed by atoms with Gasteiger partial charge in [-0.15, -0.1) is 0 Å². The summed E-state index contributed by atoms with van der Waals surface area (Å²) >= 11 is 0. The van der Waals surface area contributed by atoms with Crippen LogP contribution in [0.15, 0.2) is 60.7 Å². The molecule has 0 saturated carbocycles. The summed E-state index contributed by atoms with van der Waals surface area (Å²) in [4.78, 5) is 0. The largest absolute Gasteiger partial charge is 0.508 e. The third kappa shape index (κ3) is 3.43. The molecule has 0 aliphatic rings. The van der Waals surface area contributed by atoms with Crippen molar-refractivity contribution in [1.82, 2.24) is 0 Å². The van der Waals surface area contributed by atoms with E-state index in [1.807, 2.05) is 0 Å². The Kier molecular flexibility index (Phi) is 4.29. The maximum absolute atomic E-state index is 10.5. The van der Waals surface area contributed by atoms with E-state index < -0.39 is 0 Å². The average molecular weight is 322 g/mol. The first-order valence-corrected chi connectivity index (χ1v) is 7.61. The van der Waals surface area contributed by atoms with E-state index in [0.29, 0.717) is 24.0 Å². The lowest BCUT2D eigenvalue weighted by Gasteiger charge is -2.12. The molecule has 3 rings (SSSR count). The van der Waals surface area contributed by atoms with Gasteiger partial charge in [0.25, 0.3) is 0 Å². The van der Waals surface area contributed by atoms with Gasteiger partial charge in [-0.2, -0.15) is 0 Å². The van der Waals surface area contributed by atoms with Crippen LogP contribution in [0.1, 0.15) is 22.3 Å². The first-order chi connectivity index (χ1) is 11.5. The molecule has 4 nitrogen and oxygen atoms in total. The van der Waals surface area contributed by atoms with E-state index in [-0.39, 0.29) is 23.0 Å². The fourth-order valence-electron chi connectivity index (χ4n) is 2.64. The Morgan fingerprint density at radius 1 is 0.542 bits per heavy atom. The van der Waals surface area contributed by atoms with E-state index in [0.717, 1.165) is 11.1 Å². The van der Waals surface area contributed by atoms with Crippen molar-refractivity contribution in [3.8, 4) is 23.0 Å². The van der Waals surface area contributed by atoms with Crippen molar-refractivity contribution in [1.29, 1.82) is 0 Å². The van der Waals surface area contributed by atoms with Gasteiger partial charge in [0.15, 0.2) is 0 Å². The monoisotopic (exact) mass is 322 g/mol. The summed E-state index contributed by atoms with van der Waals surface area (Å²) in [6.07, 6.45) is 0.857. The minimum Gasteiger partial charge on any atom is -0.508 e. The highest BCUT2D eigenvalue weighted by atomic mass is 16.3. The van der Waals surface area contributed by atoms with Crippen molar-refractivity contribution < 1.29 is 20.4 Å². The van der Waals surface area contributed by atoms with E-state index in [2.05, 4.69) is 0 Å². The molecule has 3 aromatic rings. The summed E-state index contributed by atoms with van der Waals surface area (Å²) in [5.41, 5.74) is 2.98. The van der Waals surface area contributed by atoms with Gasteiger partial charge in [-0.1, -0.05) is 30.3 Å². The molecule has 0 heterocycles. The van der Waals surface area contributed by atoms with E-state index in [1.165, 1.54) is 0 Å². The first-order valence-electron chi connectivity index (χ1n) is 7.61. The van der Waals surface area contributed by atoms with Gasteiger partial charge >= 0.3 is 0 Å². The maximum Gasteiger partial charge on any atom is 0.126 e. The van der Waals surface area contributed by atoms with Crippen LogP contribution in [-0.4, -0.2) is 20.4 Å². The Morgan fingerprint density at radius 3 is 1.58 bits per heavy atom. The van der Waals surface area contributed by atoms with Crippen LogP contribution in [0.4, 0.5) is 0 Å². The van der Waals surface area contributed by atoms with Crippen molar-refractivity contribution in [2.75, 3.05) is 0 Å². The lowest BCUT2D eigenvalue weighted by Crippen LogP contribution is -1.95. The molecule has 4 N–H and O–H groups in total. The SMILES string of the molecule is Oc1ccc(Cc2ccc(O)c(Cc3ccc(O)cc3)c2O)cc1. The summed E-state index contributed by atoms with van der Waals surface area (Å²) in [6.45, 7) is 0. The molecule has 3 aromatic carbocycles. The zero-order chi connectivity index (χ0) is 17.1. The van der Waals surface area contributed by atoms with Gasteiger partial charge in [0, 0.05) is 18.4 Å². The van der Waals surface area contributed by atoms with Crippen LogP contribution in [0.2, 0.25) is 0 Å². The molecule has 0 fully saturated rings. The molecular formula is C20H18O4. The van der Waals surface area contributed by atoms with Gasteiger partial charge in [0.2, 0.25) is 0 Å². The standard InChI is InChI=1S/C20H18O4/c21-16-6-1-13(2-7-16)11-15-5-10-19(23)18(20(15)24)12-14-3-8-17(22)9-4-14/h1-10,21-24H,11-12H2. The summed E-state index contributed by atoms with van der Waals surface area (Å²) < 4.78 is 0. The predicted octanol–water partition coefficient (Wildman–Crippen LogP) is 3.69. The zero-order valence-electron chi connectivity index (χ0n) is 13.0. The lowest BCUT2D eigenvalue weighted by atomic mass is 9.96. The number of hydrogen-bond donors (Lipinski definition) is 4. The highest BCUT2D eigenvalue weighted by Gasteiger charge is 2.13. The Bertz CT molecular complexity index is 837. The van der Waals surface area contributed by atoms with Crippen LogP contribution in [0.3, 0.4) is 0 Å². The van der Waals surface area contributed by atoms with Crippen molar-refractivity contribution >= 4 is 0 Å². The molecule has 0 radical (unpaired) electrons. The van der Waals surface area contributed by atoms with Crippen LogP contribution in [0.5, 0.6) is 23.0 Å². The molecule has 0 saturated heterocycles. The second kappa shape index (κ2) is 6.54. The molecule has 0 aliphatic heterocycles. The lowest BCUT2D eigenvalue weighted by molar-refractivity contribution is 0.436. The molecule has 0 unspecified atom stereocenters. The third-order valence-corrected chi connectivity index (χ3v) is 3.99. The van der Waals surface area contributed by atoms with Crippen molar-refractivity contribution in [2.45, 2.75) is 12.8 Å². The van der Waals surface area contributed by atoms with Crippen LogP contribution >= 0.6 is 0 Å². The van der Waals surface area contributed by atoms with Crippen molar-refractivity contribution in [2.24, 2.45) is 0 Å². The van der Waals surface area contributed by atoms with E-state index in [9.17, 15) is 20.4 Å². The normalized spacial score (nSPS) is 10.7. The third-order valence-electron chi connectivity index (χ3n) is 3.99. The maximum atomic E-state index is 10.5. The first kappa shape index (κ1) is 15.7. The van der Waals surface area contributed by atoms with Gasteiger partial charge in [0.05, 0.1) is 0 Å². The number of phenols is 4. The van der Waals surface area contributed by atoms with Crippen LogP contribution in [0.25, 0.3) is 0 Å². The van der Waals surface area contributed by atoms with Crippen molar-refractivity contribution in [3.63, 3.8) is 0 Å². The Labute approximate surface area is 139 Å². The highest BCUT2D eigenvalue weighted by molar-refractivity contribution is 5.52. The summed E-state index contributed by atoms with van der Waals surface area (Å²) in [5.74, 6) is 0.473. The Hall–Kier alpha value is -3.14. The highest BCUT2D eigenvalue weighted by Crippen LogP contribution is 2.34. The summed E-state index contributed by atoms with van der Waals surface area (Å²) in [6, 6.07) is 16.7. The molecule has 4 heteroatoms. The second-order valence-electron chi connectivity index (χ2n) is 5.76. The second-order valence-corrected chi connectivity index (χ2v) is 5.76. The average Bonchev–Trinajstić information content (AvgIpc) is 2.58. The zero-order valence-corrected chi connectivity index (χ0v) is 13.0. The number of aromatic hydroxyl groups is 4. The van der Waals surface area contributed by atoms with Gasteiger partial charge in [-0.3, -0.25) is 0 Å². The fraction of sp³-hybridized carbons (Fsp3) is 0.100. The Morgan fingerprint density at radius 2 is 1.04 bits per heavy atom. The molecule has 0 amide bonds. The van der Waals surface area contributed by atoms with Crippen LogP contribution in [0, 0.1) is 0 Å². The molecular weight excluding hydrogens is 304 g/mol. The van der Waals surface area contributed by atoms with E-state index in [4.69, 9.17) is 0 Å². The topological polar surface area (TPSA) is 80.9 Å². The molecule has 122 valence electrons. The van der Waals surface area contributed by atoms with E-state index in [1.54, 1.807) is 60.7 Å². The van der Waals surface area contributed by atoms with Crippen LogP contribution in [-0.2, 0) is 12.8 Å². The van der Waals surface area contributed by atoms with Gasteiger partial charge in [-0.05, 0) is 47.0 Å². The molecule has 0 spiro atoms. The number of benzene rings is 3. The smallest absolute Gasteiger partial charge is 0.126 e. The predicted molar refractivity (Wildman–Crippen MR) is 91.6 cm³/mol. The quantitative estimate of drug-likeness (QED) is 0.590. The summed E-state index contributed by atoms with van der Waals surface area (Å²) in [5, 5.41) is 39.3. The minimum atomic E-state index is 0.0371. The van der Waals surface area contributed by atoms with Crippen molar-refractivity contribution in [3.05, 3.63) is 82.9 Å². The number of hydrogen-bond acceptors (Lipinski definition) is 4. The van der Waals surface area contributed by atoms with Gasteiger partial charge in [0.1, 0.15) is 23.0 Å². The number of phenolic OH excluding ortho intramolecular Hbond substituents is 4. The number of rotatable bonds is 4. The fourth-order valence-corrected chi connectivity index (χ4v) is 2.64. The van der Waals surface area contributed by atoms with Gasteiger partial charge < -0.3 is 20.4 Å².